The Morgan fingerprint density at radius 3 is 2.69 bits per heavy atom. The zero-order valence-electron chi connectivity index (χ0n) is 14.9. The Morgan fingerprint density at radius 1 is 1.35 bits per heavy atom. The molecule has 136 valence electrons. The van der Waals surface area contributed by atoms with Crippen LogP contribution in [-0.4, -0.2) is 46.7 Å². The summed E-state index contributed by atoms with van der Waals surface area (Å²) in [5.41, 5.74) is 4.00. The van der Waals surface area contributed by atoms with Crippen LogP contribution in [0.4, 0.5) is 5.69 Å². The molecule has 0 bridgehead atoms. The third-order valence-electron chi connectivity index (χ3n) is 4.49. The van der Waals surface area contributed by atoms with Crippen molar-refractivity contribution in [2.45, 2.75) is 19.9 Å². The summed E-state index contributed by atoms with van der Waals surface area (Å²) in [6.45, 7) is 8.76. The van der Waals surface area contributed by atoms with E-state index in [-0.39, 0.29) is 17.9 Å². The van der Waals surface area contributed by atoms with Crippen LogP contribution in [0.2, 0.25) is 0 Å². The number of nitrogens with zero attached hydrogens (tertiary/aromatic N) is 2. The zero-order chi connectivity index (χ0) is 18.7. The number of morpholine rings is 1. The number of aryl methyl sites for hydroxylation is 2. The van der Waals surface area contributed by atoms with Crippen LogP contribution in [0.15, 0.2) is 36.9 Å². The number of carbonyl (C=O) groups excluding carboxylic acids is 2. The molecule has 1 aliphatic rings. The van der Waals surface area contributed by atoms with Gasteiger partial charge in [-0.2, -0.15) is 5.10 Å². The van der Waals surface area contributed by atoms with Crippen molar-refractivity contribution in [3.63, 3.8) is 0 Å². The number of carbonyl (C=O) groups is 2. The number of hydrogen-bond donors (Lipinski definition) is 2. The Kier molecular flexibility index (Phi) is 5.18. The quantitative estimate of drug-likeness (QED) is 0.825. The van der Waals surface area contributed by atoms with Gasteiger partial charge in [-0.25, -0.2) is 0 Å². The lowest BCUT2D eigenvalue weighted by molar-refractivity contribution is -0.111. The van der Waals surface area contributed by atoms with Crippen molar-refractivity contribution in [3.8, 4) is 0 Å². The molecular formula is C19H22N4O3. The highest BCUT2D eigenvalue weighted by Crippen LogP contribution is 2.29. The maximum Gasteiger partial charge on any atom is 0.254 e. The van der Waals surface area contributed by atoms with Gasteiger partial charge in [0.05, 0.1) is 24.9 Å². The molecule has 2 N–H and O–H groups in total. The Bertz CT molecular complexity index is 806. The van der Waals surface area contributed by atoms with Crippen LogP contribution in [0.1, 0.15) is 33.4 Å². The standard InChI is InChI=1S/C19H22N4O3/c1-4-17(24)20-15-7-5-14(6-8-15)19(25)23-9-10-26-11-16(23)18-12(2)21-22-13(18)3/h4-8,16H,1,9-11H2,2-3H3,(H,20,24)(H,21,22). The molecule has 0 aliphatic carbocycles. The minimum absolute atomic E-state index is 0.0695. The summed E-state index contributed by atoms with van der Waals surface area (Å²) >= 11 is 0. The lowest BCUT2D eigenvalue weighted by atomic mass is 10.0. The van der Waals surface area contributed by atoms with Crippen LogP contribution in [0.5, 0.6) is 0 Å². The zero-order valence-corrected chi connectivity index (χ0v) is 14.9. The van der Waals surface area contributed by atoms with Gasteiger partial charge in [0.15, 0.2) is 0 Å². The number of aromatic amines is 1. The van der Waals surface area contributed by atoms with E-state index in [1.54, 1.807) is 24.3 Å². The molecule has 3 rings (SSSR count). The van der Waals surface area contributed by atoms with Gasteiger partial charge < -0.3 is 15.0 Å². The Hall–Kier alpha value is -2.93. The topological polar surface area (TPSA) is 87.3 Å². The molecule has 0 spiro atoms. The largest absolute Gasteiger partial charge is 0.377 e. The molecule has 1 aliphatic heterocycles. The summed E-state index contributed by atoms with van der Waals surface area (Å²) in [5.74, 6) is -0.358. The van der Waals surface area contributed by atoms with Gasteiger partial charge in [0.2, 0.25) is 5.91 Å². The van der Waals surface area contributed by atoms with Gasteiger partial charge >= 0.3 is 0 Å². The third kappa shape index (κ3) is 3.52. The molecule has 2 amide bonds. The maximum atomic E-state index is 13.1. The van der Waals surface area contributed by atoms with Crippen LogP contribution in [0.25, 0.3) is 0 Å². The van der Waals surface area contributed by atoms with Gasteiger partial charge in [0.25, 0.3) is 5.91 Å². The summed E-state index contributed by atoms with van der Waals surface area (Å²) in [4.78, 5) is 26.2. The maximum absolute atomic E-state index is 13.1. The number of amides is 2. The molecule has 7 heteroatoms. The third-order valence-corrected chi connectivity index (χ3v) is 4.49. The van der Waals surface area contributed by atoms with Gasteiger partial charge in [-0.1, -0.05) is 6.58 Å². The molecule has 0 radical (unpaired) electrons. The molecule has 1 unspecified atom stereocenters. The average Bonchev–Trinajstić information content (AvgIpc) is 3.00. The highest BCUT2D eigenvalue weighted by atomic mass is 16.5. The first-order valence-corrected chi connectivity index (χ1v) is 8.45. The van der Waals surface area contributed by atoms with E-state index in [4.69, 9.17) is 4.74 Å². The lowest BCUT2D eigenvalue weighted by Gasteiger charge is -2.36. The predicted molar refractivity (Wildman–Crippen MR) is 97.9 cm³/mol. The summed E-state index contributed by atoms with van der Waals surface area (Å²) in [7, 11) is 0. The van der Waals surface area contributed by atoms with E-state index >= 15 is 0 Å². The first-order chi connectivity index (χ1) is 12.5. The van der Waals surface area contributed by atoms with E-state index in [0.717, 1.165) is 17.0 Å². The van der Waals surface area contributed by atoms with Crippen LogP contribution >= 0.6 is 0 Å². The fourth-order valence-corrected chi connectivity index (χ4v) is 3.19. The highest BCUT2D eigenvalue weighted by molar-refractivity contribution is 5.99. The van der Waals surface area contributed by atoms with Crippen molar-refractivity contribution in [2.75, 3.05) is 25.1 Å². The number of ether oxygens (including phenoxy) is 1. The molecule has 1 fully saturated rings. The molecule has 7 nitrogen and oxygen atoms in total. The molecule has 26 heavy (non-hydrogen) atoms. The van der Waals surface area contributed by atoms with Crippen molar-refractivity contribution >= 4 is 17.5 Å². The molecule has 1 atom stereocenters. The van der Waals surface area contributed by atoms with E-state index in [1.165, 1.54) is 6.08 Å². The van der Waals surface area contributed by atoms with Crippen LogP contribution in [-0.2, 0) is 9.53 Å². The Balaban J connectivity index is 1.83. The molecule has 1 saturated heterocycles. The van der Waals surface area contributed by atoms with Crippen molar-refractivity contribution in [3.05, 3.63) is 59.4 Å². The van der Waals surface area contributed by atoms with Crippen molar-refractivity contribution in [1.82, 2.24) is 15.1 Å². The summed E-state index contributed by atoms with van der Waals surface area (Å²) < 4.78 is 5.61. The summed E-state index contributed by atoms with van der Waals surface area (Å²) in [6.07, 6.45) is 1.20. The van der Waals surface area contributed by atoms with E-state index in [1.807, 2.05) is 18.7 Å². The molecule has 1 aromatic carbocycles. The normalized spacial score (nSPS) is 17.0. The first-order valence-electron chi connectivity index (χ1n) is 8.45. The smallest absolute Gasteiger partial charge is 0.254 e. The average molecular weight is 354 g/mol. The minimum atomic E-state index is -0.289. The molecule has 0 saturated carbocycles. The fourth-order valence-electron chi connectivity index (χ4n) is 3.19. The monoisotopic (exact) mass is 354 g/mol. The van der Waals surface area contributed by atoms with Gasteiger partial charge in [0.1, 0.15) is 0 Å². The van der Waals surface area contributed by atoms with E-state index in [9.17, 15) is 9.59 Å². The molecule has 2 aromatic rings. The number of anilines is 1. The van der Waals surface area contributed by atoms with Gasteiger partial charge in [0, 0.05) is 29.1 Å². The molecule has 1 aromatic heterocycles. The van der Waals surface area contributed by atoms with Crippen molar-refractivity contribution < 1.29 is 14.3 Å². The second kappa shape index (κ2) is 7.53. The van der Waals surface area contributed by atoms with Crippen molar-refractivity contribution in [1.29, 1.82) is 0 Å². The number of nitrogens with one attached hydrogen (secondary N) is 2. The number of H-pyrrole nitrogens is 1. The molecular weight excluding hydrogens is 332 g/mol. The summed E-state index contributed by atoms with van der Waals surface area (Å²) in [5, 5.41) is 9.88. The van der Waals surface area contributed by atoms with Gasteiger partial charge in [-0.3, -0.25) is 14.7 Å². The van der Waals surface area contributed by atoms with Crippen molar-refractivity contribution in [2.24, 2.45) is 0 Å². The second-order valence-electron chi connectivity index (χ2n) is 6.21. The number of aromatic nitrogens is 2. The Labute approximate surface area is 152 Å². The van der Waals surface area contributed by atoms with Gasteiger partial charge in [-0.15, -0.1) is 0 Å². The van der Waals surface area contributed by atoms with Crippen LogP contribution in [0.3, 0.4) is 0 Å². The van der Waals surface area contributed by atoms with Crippen LogP contribution < -0.4 is 5.32 Å². The predicted octanol–water partition coefficient (Wildman–Crippen LogP) is 2.36. The van der Waals surface area contributed by atoms with E-state index in [2.05, 4.69) is 22.1 Å². The second-order valence-corrected chi connectivity index (χ2v) is 6.21. The first kappa shape index (κ1) is 17.9. The van der Waals surface area contributed by atoms with Gasteiger partial charge in [-0.05, 0) is 44.2 Å². The number of rotatable bonds is 4. The molecule has 2 heterocycles. The highest BCUT2D eigenvalue weighted by Gasteiger charge is 2.32. The van der Waals surface area contributed by atoms with E-state index in [0.29, 0.717) is 31.0 Å². The summed E-state index contributed by atoms with van der Waals surface area (Å²) in [6, 6.07) is 6.66. The van der Waals surface area contributed by atoms with E-state index < -0.39 is 0 Å². The fraction of sp³-hybridized carbons (Fsp3) is 0.316. The minimum Gasteiger partial charge on any atom is -0.377 e. The number of benzene rings is 1. The number of hydrogen-bond acceptors (Lipinski definition) is 4. The lowest BCUT2D eigenvalue weighted by Crippen LogP contribution is -2.43. The Morgan fingerprint density at radius 2 is 2.08 bits per heavy atom. The SMILES string of the molecule is C=CC(=O)Nc1ccc(C(=O)N2CCOCC2c2c(C)n[nH]c2C)cc1. The van der Waals surface area contributed by atoms with Crippen LogP contribution in [0, 0.1) is 13.8 Å².